The van der Waals surface area contributed by atoms with E-state index in [1.54, 1.807) is 0 Å². The molecule has 17 heavy (non-hydrogen) atoms. The zero-order valence-corrected chi connectivity index (χ0v) is 9.26. The maximum atomic E-state index is 11.6. The van der Waals surface area contributed by atoms with Gasteiger partial charge in [0.15, 0.2) is 11.0 Å². The van der Waals surface area contributed by atoms with E-state index in [9.17, 15) is 9.59 Å². The summed E-state index contributed by atoms with van der Waals surface area (Å²) in [4.78, 5) is 22.3. The molecule has 0 aromatic carbocycles. The zero-order chi connectivity index (χ0) is 12.4. The fraction of sp³-hybridized carbons (Fsp3) is 0.222. The lowest BCUT2D eigenvalue weighted by atomic mass is 10.2. The Morgan fingerprint density at radius 3 is 2.71 bits per heavy atom. The summed E-state index contributed by atoms with van der Waals surface area (Å²) in [6.45, 7) is 0. The second-order valence-corrected chi connectivity index (χ2v) is 3.66. The number of anilines is 1. The minimum Gasteiger partial charge on any atom is -0.477 e. The smallest absolute Gasteiger partial charge is 0.352 e. The van der Waals surface area contributed by atoms with Gasteiger partial charge in [-0.3, -0.25) is 4.79 Å². The van der Waals surface area contributed by atoms with Crippen LogP contribution in [0.4, 0.5) is 5.82 Å². The van der Waals surface area contributed by atoms with Gasteiger partial charge in [0.2, 0.25) is 5.91 Å². The van der Waals surface area contributed by atoms with Crippen LogP contribution in [0.2, 0.25) is 5.15 Å². The van der Waals surface area contributed by atoms with Gasteiger partial charge in [0.1, 0.15) is 5.71 Å². The maximum Gasteiger partial charge on any atom is 0.352 e. The van der Waals surface area contributed by atoms with Crippen molar-refractivity contribution in [1.29, 1.82) is 0 Å². The molecule has 0 radical (unpaired) electrons. The summed E-state index contributed by atoms with van der Waals surface area (Å²) >= 11 is 5.56. The summed E-state index contributed by atoms with van der Waals surface area (Å²) in [7, 11) is 0. The molecule has 1 amide bonds. The van der Waals surface area contributed by atoms with Crippen molar-refractivity contribution in [2.75, 3.05) is 5.01 Å². The first-order valence-electron chi connectivity index (χ1n) is 4.71. The second-order valence-electron chi connectivity index (χ2n) is 3.27. The van der Waals surface area contributed by atoms with Crippen LogP contribution in [0.15, 0.2) is 17.2 Å². The van der Waals surface area contributed by atoms with Crippen LogP contribution in [0.25, 0.3) is 0 Å². The zero-order valence-electron chi connectivity index (χ0n) is 8.50. The summed E-state index contributed by atoms with van der Waals surface area (Å²) in [5, 5.41) is 20.9. The van der Waals surface area contributed by atoms with E-state index in [-0.39, 0.29) is 35.4 Å². The molecule has 1 N–H and O–H groups in total. The van der Waals surface area contributed by atoms with Crippen LogP contribution in [0.5, 0.6) is 0 Å². The average molecular weight is 255 g/mol. The van der Waals surface area contributed by atoms with E-state index >= 15 is 0 Å². The summed E-state index contributed by atoms with van der Waals surface area (Å²) < 4.78 is 0. The highest BCUT2D eigenvalue weighted by Crippen LogP contribution is 2.18. The Hall–Kier alpha value is -2.02. The Bertz CT molecular complexity index is 499. The largest absolute Gasteiger partial charge is 0.477 e. The van der Waals surface area contributed by atoms with Crippen LogP contribution < -0.4 is 5.01 Å². The van der Waals surface area contributed by atoms with Gasteiger partial charge in [-0.25, -0.2) is 4.79 Å². The molecule has 1 aliphatic rings. The number of hydrazone groups is 1. The van der Waals surface area contributed by atoms with Gasteiger partial charge in [0.25, 0.3) is 0 Å². The fourth-order valence-electron chi connectivity index (χ4n) is 1.31. The monoisotopic (exact) mass is 254 g/mol. The SMILES string of the molecule is O=C(O)C1=NN(c2ccc(Cl)nn2)C(=O)CC1. The van der Waals surface area contributed by atoms with Crippen molar-refractivity contribution in [3.05, 3.63) is 17.3 Å². The lowest BCUT2D eigenvalue weighted by molar-refractivity contribution is -0.129. The summed E-state index contributed by atoms with van der Waals surface area (Å²) in [6.07, 6.45) is 0.196. The number of halogens is 1. The molecule has 0 spiro atoms. The normalized spacial score (nSPS) is 15.7. The number of carboxylic acid groups (broad SMARTS) is 1. The number of aliphatic carboxylic acids is 1. The molecule has 0 bridgehead atoms. The van der Waals surface area contributed by atoms with Gasteiger partial charge in [-0.15, -0.1) is 10.2 Å². The van der Waals surface area contributed by atoms with Crippen LogP contribution in [0, 0.1) is 0 Å². The third-order valence-electron chi connectivity index (χ3n) is 2.11. The highest BCUT2D eigenvalue weighted by Gasteiger charge is 2.26. The summed E-state index contributed by atoms with van der Waals surface area (Å²) in [5.41, 5.74) is -0.0821. The van der Waals surface area contributed by atoms with Crippen molar-refractivity contribution in [3.8, 4) is 0 Å². The molecule has 0 saturated carbocycles. The predicted molar refractivity (Wildman–Crippen MR) is 58.8 cm³/mol. The molecule has 0 saturated heterocycles. The number of hydrogen-bond acceptors (Lipinski definition) is 5. The molecule has 0 atom stereocenters. The minimum atomic E-state index is -1.15. The van der Waals surface area contributed by atoms with E-state index < -0.39 is 5.97 Å². The molecule has 88 valence electrons. The Morgan fingerprint density at radius 2 is 2.12 bits per heavy atom. The predicted octanol–water partition coefficient (Wildman–Crippen LogP) is 0.697. The number of hydrogen-bond donors (Lipinski definition) is 1. The topological polar surface area (TPSA) is 95.8 Å². The molecule has 0 fully saturated rings. The van der Waals surface area contributed by atoms with Gasteiger partial charge >= 0.3 is 5.97 Å². The van der Waals surface area contributed by atoms with Crippen LogP contribution in [-0.4, -0.2) is 32.9 Å². The van der Waals surface area contributed by atoms with Crippen molar-refractivity contribution in [1.82, 2.24) is 10.2 Å². The molecule has 2 rings (SSSR count). The third-order valence-corrected chi connectivity index (χ3v) is 2.32. The van der Waals surface area contributed by atoms with Crippen molar-refractivity contribution in [3.63, 3.8) is 0 Å². The molecule has 1 aromatic heterocycles. The molecule has 1 aromatic rings. The van der Waals surface area contributed by atoms with Crippen LogP contribution in [0.1, 0.15) is 12.8 Å². The molecule has 1 aliphatic heterocycles. The first-order valence-corrected chi connectivity index (χ1v) is 5.08. The minimum absolute atomic E-state index is 0.0788. The van der Waals surface area contributed by atoms with Gasteiger partial charge in [0, 0.05) is 12.8 Å². The van der Waals surface area contributed by atoms with Gasteiger partial charge in [-0.2, -0.15) is 10.1 Å². The highest BCUT2D eigenvalue weighted by molar-refractivity contribution is 6.37. The summed E-state index contributed by atoms with van der Waals surface area (Å²) in [5.74, 6) is -1.33. The average Bonchev–Trinajstić information content (AvgIpc) is 2.31. The van der Waals surface area contributed by atoms with E-state index in [1.807, 2.05) is 0 Å². The quantitative estimate of drug-likeness (QED) is 0.838. The molecule has 0 unspecified atom stereocenters. The molecule has 2 heterocycles. The van der Waals surface area contributed by atoms with Crippen LogP contribution in [-0.2, 0) is 9.59 Å². The van der Waals surface area contributed by atoms with E-state index in [0.29, 0.717) is 0 Å². The number of rotatable bonds is 2. The van der Waals surface area contributed by atoms with E-state index in [4.69, 9.17) is 16.7 Å². The standard InChI is InChI=1S/C9H7ClN4O3/c10-6-2-3-7(12-11-6)14-8(15)4-1-5(13-14)9(16)17/h2-3H,1,4H2,(H,16,17). The second kappa shape index (κ2) is 4.46. The molecule has 0 aliphatic carbocycles. The van der Waals surface area contributed by atoms with Gasteiger partial charge in [0.05, 0.1) is 0 Å². The highest BCUT2D eigenvalue weighted by atomic mass is 35.5. The number of carboxylic acids is 1. The Kier molecular flexibility index (Phi) is 3.01. The number of amides is 1. The van der Waals surface area contributed by atoms with Gasteiger partial charge in [-0.1, -0.05) is 11.6 Å². The van der Waals surface area contributed by atoms with Crippen molar-refractivity contribution in [2.45, 2.75) is 12.8 Å². The van der Waals surface area contributed by atoms with Gasteiger partial charge < -0.3 is 5.11 Å². The Labute approximate surface area is 101 Å². The van der Waals surface area contributed by atoms with E-state index in [0.717, 1.165) is 5.01 Å². The molecular weight excluding hydrogens is 248 g/mol. The fourth-order valence-corrected chi connectivity index (χ4v) is 1.41. The van der Waals surface area contributed by atoms with E-state index in [2.05, 4.69) is 15.3 Å². The van der Waals surface area contributed by atoms with Crippen molar-refractivity contribution < 1.29 is 14.7 Å². The number of carbonyl (C=O) groups excluding carboxylic acids is 1. The first kappa shape index (κ1) is 11.5. The number of nitrogens with zero attached hydrogens (tertiary/aromatic N) is 4. The van der Waals surface area contributed by atoms with Crippen LogP contribution >= 0.6 is 11.6 Å². The third kappa shape index (κ3) is 2.39. The number of aromatic nitrogens is 2. The molecule has 8 heteroatoms. The van der Waals surface area contributed by atoms with E-state index in [1.165, 1.54) is 12.1 Å². The molecule has 7 nitrogen and oxygen atoms in total. The Morgan fingerprint density at radius 1 is 1.35 bits per heavy atom. The van der Waals surface area contributed by atoms with Gasteiger partial charge in [-0.05, 0) is 12.1 Å². The lowest BCUT2D eigenvalue weighted by Crippen LogP contribution is -2.34. The Balaban J connectivity index is 2.35. The van der Waals surface area contributed by atoms with Crippen molar-refractivity contribution >= 4 is 35.0 Å². The van der Waals surface area contributed by atoms with Crippen LogP contribution in [0.3, 0.4) is 0 Å². The summed E-state index contributed by atoms with van der Waals surface area (Å²) in [6, 6.07) is 2.89. The molecular formula is C9H7ClN4O3. The maximum absolute atomic E-state index is 11.6. The lowest BCUT2D eigenvalue weighted by Gasteiger charge is -2.20. The number of carbonyl (C=O) groups is 2. The van der Waals surface area contributed by atoms with Crippen molar-refractivity contribution in [2.24, 2.45) is 5.10 Å². The first-order chi connectivity index (χ1) is 8.08.